The van der Waals surface area contributed by atoms with E-state index in [0.717, 1.165) is 0 Å². The maximum absolute atomic E-state index is 11.0. The Labute approximate surface area is 116 Å². The van der Waals surface area contributed by atoms with Crippen LogP contribution in [0.2, 0.25) is 0 Å². The number of esters is 1. The molecule has 0 bridgehead atoms. The van der Waals surface area contributed by atoms with Gasteiger partial charge in [0.15, 0.2) is 0 Å². The summed E-state index contributed by atoms with van der Waals surface area (Å²) < 4.78 is 14.5. The fraction of sp³-hybridized carbons (Fsp3) is 0.692. The Morgan fingerprint density at radius 2 is 1.79 bits per heavy atom. The molecule has 19 heavy (non-hydrogen) atoms. The van der Waals surface area contributed by atoms with E-state index in [0.29, 0.717) is 18.8 Å². The Morgan fingerprint density at radius 3 is 2.32 bits per heavy atom. The molecule has 0 fully saturated rings. The molecule has 0 aromatic carbocycles. The van der Waals surface area contributed by atoms with E-state index in [1.54, 1.807) is 6.92 Å². The van der Waals surface area contributed by atoms with Gasteiger partial charge in [-0.3, -0.25) is 0 Å². The van der Waals surface area contributed by atoms with E-state index in [4.69, 9.17) is 14.2 Å². The Kier molecular flexibility index (Phi) is 15.1. The maximum atomic E-state index is 11.0. The van der Waals surface area contributed by atoms with Crippen molar-refractivity contribution in [2.75, 3.05) is 33.0 Å². The molecule has 1 N–H and O–H groups in total. The van der Waals surface area contributed by atoms with Gasteiger partial charge in [-0.1, -0.05) is 20.4 Å². The van der Waals surface area contributed by atoms with Gasteiger partial charge in [0.2, 0.25) is 0 Å². The van der Waals surface area contributed by atoms with Crippen molar-refractivity contribution < 1.29 is 25.2 Å². The topological polar surface area (TPSA) is 73.9 Å². The molecule has 0 aromatic heterocycles. The molecule has 0 radical (unpaired) electrons. The normalized spacial score (nSPS) is 8.84. The Hall–Kier alpha value is -1.56. The first-order valence-electron chi connectivity index (χ1n) is 6.39. The molecule has 6 nitrogen and oxygen atoms in total. The second-order valence-electron chi connectivity index (χ2n) is 3.18. The number of amides is 1. The standard InChI is InChI=1S/C11H19NO5.C2H6.H2/c1-4-15-7-8-17-11(14)12-5-6-16-10(13)9(2)3;1-2;/h2,4-8H2,1,3H3,(H,12,14);1-2H3;1H. The van der Waals surface area contributed by atoms with Gasteiger partial charge >= 0.3 is 12.1 Å². The summed E-state index contributed by atoms with van der Waals surface area (Å²) in [6.45, 7) is 12.3. The fourth-order valence-electron chi connectivity index (χ4n) is 0.809. The zero-order valence-electron chi connectivity index (χ0n) is 12.3. The average molecular weight is 277 g/mol. The van der Waals surface area contributed by atoms with E-state index < -0.39 is 12.1 Å². The summed E-state index contributed by atoms with van der Waals surface area (Å²) >= 11 is 0. The molecule has 0 heterocycles. The zero-order chi connectivity index (χ0) is 15.1. The highest BCUT2D eigenvalue weighted by atomic mass is 16.6. The Bertz CT molecular complexity index is 271. The first-order valence-corrected chi connectivity index (χ1v) is 6.39. The van der Waals surface area contributed by atoms with Crippen LogP contribution in [-0.4, -0.2) is 45.0 Å². The van der Waals surface area contributed by atoms with Crippen LogP contribution in [0, 0.1) is 0 Å². The minimum Gasteiger partial charge on any atom is -0.460 e. The van der Waals surface area contributed by atoms with Crippen molar-refractivity contribution in [3.8, 4) is 0 Å². The highest BCUT2D eigenvalue weighted by Gasteiger charge is 2.04. The first kappa shape index (κ1) is 19.8. The lowest BCUT2D eigenvalue weighted by Gasteiger charge is -2.07. The summed E-state index contributed by atoms with van der Waals surface area (Å²) in [4.78, 5) is 22.0. The lowest BCUT2D eigenvalue weighted by molar-refractivity contribution is -0.138. The summed E-state index contributed by atoms with van der Waals surface area (Å²) in [5.41, 5.74) is 0.323. The van der Waals surface area contributed by atoms with E-state index in [9.17, 15) is 9.59 Å². The summed E-state index contributed by atoms with van der Waals surface area (Å²) in [6, 6.07) is 0. The quantitative estimate of drug-likeness (QED) is 0.418. The number of rotatable bonds is 8. The molecular formula is C13H27NO5. The van der Waals surface area contributed by atoms with Crippen molar-refractivity contribution in [1.29, 1.82) is 0 Å². The third kappa shape index (κ3) is 14.4. The van der Waals surface area contributed by atoms with Crippen molar-refractivity contribution in [2.45, 2.75) is 27.7 Å². The molecule has 0 aliphatic carbocycles. The number of hydrogen-bond donors (Lipinski definition) is 1. The first-order chi connectivity index (χ1) is 9.07. The summed E-state index contributed by atoms with van der Waals surface area (Å²) in [5.74, 6) is -0.475. The molecule has 0 spiro atoms. The van der Waals surface area contributed by atoms with Crippen molar-refractivity contribution >= 4 is 12.1 Å². The number of nitrogens with one attached hydrogen (secondary N) is 1. The van der Waals surface area contributed by atoms with Gasteiger partial charge in [0.1, 0.15) is 13.2 Å². The molecule has 114 valence electrons. The van der Waals surface area contributed by atoms with Gasteiger partial charge in [-0.05, 0) is 13.8 Å². The van der Waals surface area contributed by atoms with Gasteiger partial charge in [0, 0.05) is 13.6 Å². The lowest BCUT2D eigenvalue weighted by atomic mass is 10.4. The van der Waals surface area contributed by atoms with Crippen LogP contribution in [0.1, 0.15) is 29.1 Å². The lowest BCUT2D eigenvalue weighted by Crippen LogP contribution is -2.29. The van der Waals surface area contributed by atoms with Crippen LogP contribution in [0.15, 0.2) is 12.2 Å². The van der Waals surface area contributed by atoms with Gasteiger partial charge in [-0.25, -0.2) is 9.59 Å². The van der Waals surface area contributed by atoms with Crippen LogP contribution < -0.4 is 5.32 Å². The second kappa shape index (κ2) is 14.5. The number of hydrogen-bond acceptors (Lipinski definition) is 5. The third-order valence-corrected chi connectivity index (χ3v) is 1.62. The number of carbonyl (C=O) groups is 2. The number of alkyl carbamates (subject to hydrolysis) is 1. The minimum absolute atomic E-state index is 0. The molecule has 0 aromatic rings. The summed E-state index contributed by atoms with van der Waals surface area (Å²) in [5, 5.41) is 2.43. The van der Waals surface area contributed by atoms with E-state index in [1.165, 1.54) is 0 Å². The zero-order valence-corrected chi connectivity index (χ0v) is 12.3. The summed E-state index contributed by atoms with van der Waals surface area (Å²) in [6.07, 6.45) is -0.559. The summed E-state index contributed by atoms with van der Waals surface area (Å²) in [7, 11) is 0. The molecule has 0 saturated carbocycles. The number of ether oxygens (including phenoxy) is 3. The van der Waals surface area contributed by atoms with Crippen molar-refractivity contribution in [1.82, 2.24) is 5.32 Å². The van der Waals surface area contributed by atoms with Gasteiger partial charge in [0.05, 0.1) is 13.2 Å². The minimum atomic E-state index is -0.559. The monoisotopic (exact) mass is 277 g/mol. The third-order valence-electron chi connectivity index (χ3n) is 1.62. The molecule has 0 aliphatic rings. The second-order valence-corrected chi connectivity index (χ2v) is 3.18. The molecule has 1 amide bonds. The van der Waals surface area contributed by atoms with Gasteiger partial charge < -0.3 is 19.5 Å². The average Bonchev–Trinajstić information content (AvgIpc) is 2.41. The maximum Gasteiger partial charge on any atom is 0.407 e. The molecule has 0 atom stereocenters. The number of carbonyl (C=O) groups excluding carboxylic acids is 2. The van der Waals surface area contributed by atoms with Gasteiger partial charge in [-0.15, -0.1) is 0 Å². The Morgan fingerprint density at radius 1 is 1.16 bits per heavy atom. The van der Waals surface area contributed by atoms with Crippen LogP contribution in [0.3, 0.4) is 0 Å². The Balaban J connectivity index is -0.000000916. The molecule has 0 rings (SSSR count). The van der Waals surface area contributed by atoms with E-state index in [-0.39, 0.29) is 21.2 Å². The highest BCUT2D eigenvalue weighted by Crippen LogP contribution is 1.90. The van der Waals surface area contributed by atoms with Crippen LogP contribution in [0.4, 0.5) is 4.79 Å². The van der Waals surface area contributed by atoms with Crippen LogP contribution in [-0.2, 0) is 19.0 Å². The molecule has 6 heteroatoms. The largest absolute Gasteiger partial charge is 0.460 e. The SMILES string of the molecule is C=C(C)C(=O)OCCNC(=O)OCCOCC.CC.[HH]. The highest BCUT2D eigenvalue weighted by molar-refractivity contribution is 5.86. The van der Waals surface area contributed by atoms with E-state index in [2.05, 4.69) is 11.9 Å². The molecule has 0 saturated heterocycles. The van der Waals surface area contributed by atoms with E-state index >= 15 is 0 Å². The van der Waals surface area contributed by atoms with Crippen LogP contribution in [0.25, 0.3) is 0 Å². The smallest absolute Gasteiger partial charge is 0.407 e. The molecule has 0 unspecified atom stereocenters. The molecular weight excluding hydrogens is 250 g/mol. The predicted molar refractivity (Wildman–Crippen MR) is 75.1 cm³/mol. The van der Waals surface area contributed by atoms with Crippen molar-refractivity contribution in [3.63, 3.8) is 0 Å². The van der Waals surface area contributed by atoms with Crippen molar-refractivity contribution in [2.24, 2.45) is 0 Å². The van der Waals surface area contributed by atoms with Crippen molar-refractivity contribution in [3.05, 3.63) is 12.2 Å². The van der Waals surface area contributed by atoms with E-state index in [1.807, 2.05) is 20.8 Å². The van der Waals surface area contributed by atoms with Gasteiger partial charge in [-0.2, -0.15) is 0 Å². The van der Waals surface area contributed by atoms with Gasteiger partial charge in [0.25, 0.3) is 0 Å². The fourth-order valence-corrected chi connectivity index (χ4v) is 0.809. The predicted octanol–water partition coefficient (Wildman–Crippen LogP) is 2.14. The van der Waals surface area contributed by atoms with Crippen LogP contribution in [0.5, 0.6) is 0 Å². The van der Waals surface area contributed by atoms with Crippen LogP contribution >= 0.6 is 0 Å². The molecule has 0 aliphatic heterocycles.